The maximum Gasteiger partial charge on any atom is 0.419 e. The predicted molar refractivity (Wildman–Crippen MR) is 94.1 cm³/mol. The van der Waals surface area contributed by atoms with Crippen LogP contribution in [0.4, 0.5) is 17.6 Å². The second-order valence-corrected chi connectivity index (χ2v) is 6.30. The highest BCUT2D eigenvalue weighted by Crippen LogP contribution is 2.32. The van der Waals surface area contributed by atoms with Crippen molar-refractivity contribution in [2.75, 3.05) is 0 Å². The SMILES string of the molecule is Fc1c(CNC(=S)NCc2ccc(Cl)cc2Cl)cccc1C(F)(F)F. The lowest BCUT2D eigenvalue weighted by atomic mass is 10.1. The molecule has 0 bridgehead atoms. The molecule has 0 unspecified atom stereocenters. The second-order valence-electron chi connectivity index (χ2n) is 5.05. The molecule has 0 atom stereocenters. The van der Waals surface area contributed by atoms with Crippen LogP contribution in [0, 0.1) is 5.82 Å². The normalized spacial score (nSPS) is 11.3. The lowest BCUT2D eigenvalue weighted by Gasteiger charge is -2.14. The fourth-order valence-corrected chi connectivity index (χ4v) is 2.63. The van der Waals surface area contributed by atoms with Gasteiger partial charge in [0.25, 0.3) is 0 Å². The molecule has 2 rings (SSSR count). The minimum atomic E-state index is -4.75. The van der Waals surface area contributed by atoms with Crippen molar-refractivity contribution in [3.05, 3.63) is 69.0 Å². The zero-order chi connectivity index (χ0) is 18.6. The molecule has 0 aromatic heterocycles. The van der Waals surface area contributed by atoms with Crippen molar-refractivity contribution in [2.45, 2.75) is 19.3 Å². The van der Waals surface area contributed by atoms with Crippen LogP contribution in [0.2, 0.25) is 10.0 Å². The third-order valence-corrected chi connectivity index (χ3v) is 4.15. The maximum absolute atomic E-state index is 13.9. The van der Waals surface area contributed by atoms with Crippen molar-refractivity contribution in [1.29, 1.82) is 0 Å². The summed E-state index contributed by atoms with van der Waals surface area (Å²) in [5, 5.41) is 6.61. The van der Waals surface area contributed by atoms with Crippen LogP contribution in [0.5, 0.6) is 0 Å². The molecular weight excluding hydrogens is 399 g/mol. The number of halogens is 6. The molecule has 2 aromatic carbocycles. The minimum Gasteiger partial charge on any atom is -0.359 e. The van der Waals surface area contributed by atoms with Gasteiger partial charge in [-0.15, -0.1) is 0 Å². The van der Waals surface area contributed by atoms with E-state index >= 15 is 0 Å². The van der Waals surface area contributed by atoms with Gasteiger partial charge in [-0.2, -0.15) is 13.2 Å². The van der Waals surface area contributed by atoms with E-state index in [9.17, 15) is 17.6 Å². The molecule has 0 aliphatic rings. The zero-order valence-corrected chi connectivity index (χ0v) is 14.9. The Morgan fingerprint density at radius 1 is 1.00 bits per heavy atom. The Labute approximate surface area is 157 Å². The molecule has 9 heteroatoms. The first-order valence-corrected chi connectivity index (χ1v) is 8.15. The molecule has 0 radical (unpaired) electrons. The fourth-order valence-electron chi connectivity index (χ4n) is 2.01. The van der Waals surface area contributed by atoms with E-state index in [1.54, 1.807) is 18.2 Å². The average Bonchev–Trinajstić information content (AvgIpc) is 2.52. The van der Waals surface area contributed by atoms with Gasteiger partial charge in [0.2, 0.25) is 0 Å². The summed E-state index contributed by atoms with van der Waals surface area (Å²) in [5.41, 5.74) is -0.706. The largest absolute Gasteiger partial charge is 0.419 e. The number of hydrogen-bond acceptors (Lipinski definition) is 1. The van der Waals surface area contributed by atoms with Crippen LogP contribution < -0.4 is 10.6 Å². The summed E-state index contributed by atoms with van der Waals surface area (Å²) < 4.78 is 52.0. The molecule has 2 aromatic rings. The van der Waals surface area contributed by atoms with Crippen molar-refractivity contribution in [3.63, 3.8) is 0 Å². The molecule has 0 saturated heterocycles. The maximum atomic E-state index is 13.9. The minimum absolute atomic E-state index is 0.136. The van der Waals surface area contributed by atoms with E-state index in [2.05, 4.69) is 10.6 Å². The Balaban J connectivity index is 1.94. The molecule has 0 saturated carbocycles. The highest BCUT2D eigenvalue weighted by molar-refractivity contribution is 7.80. The van der Waals surface area contributed by atoms with Gasteiger partial charge in [0.1, 0.15) is 5.82 Å². The van der Waals surface area contributed by atoms with Gasteiger partial charge >= 0.3 is 6.18 Å². The Kier molecular flexibility index (Phi) is 6.48. The fraction of sp³-hybridized carbons (Fsp3) is 0.188. The Morgan fingerprint density at radius 3 is 2.24 bits per heavy atom. The molecule has 0 fully saturated rings. The summed E-state index contributed by atoms with van der Waals surface area (Å²) in [6.07, 6.45) is -4.75. The highest BCUT2D eigenvalue weighted by Gasteiger charge is 2.34. The smallest absolute Gasteiger partial charge is 0.359 e. The van der Waals surface area contributed by atoms with Crippen molar-refractivity contribution >= 4 is 40.5 Å². The Hall–Kier alpha value is -1.57. The van der Waals surface area contributed by atoms with E-state index in [1.807, 2.05) is 0 Å². The lowest BCUT2D eigenvalue weighted by Crippen LogP contribution is -2.34. The van der Waals surface area contributed by atoms with Crippen molar-refractivity contribution in [3.8, 4) is 0 Å². The van der Waals surface area contributed by atoms with Gasteiger partial charge in [-0.05, 0) is 36.0 Å². The first kappa shape index (κ1) is 19.8. The van der Waals surface area contributed by atoms with Crippen molar-refractivity contribution < 1.29 is 17.6 Å². The van der Waals surface area contributed by atoms with E-state index in [1.165, 1.54) is 6.07 Å². The molecule has 0 amide bonds. The summed E-state index contributed by atoms with van der Waals surface area (Å²) in [6, 6.07) is 8.06. The van der Waals surface area contributed by atoms with Crippen molar-refractivity contribution in [2.24, 2.45) is 0 Å². The standard InChI is InChI=1S/C16H12Cl2F4N2S/c17-11-5-4-9(13(18)6-11)7-23-15(25)24-8-10-2-1-3-12(14(10)19)16(20,21)22/h1-6H,7-8H2,(H2,23,24,25). The Morgan fingerprint density at radius 2 is 1.64 bits per heavy atom. The molecule has 0 heterocycles. The summed E-state index contributed by atoms with van der Waals surface area (Å²) in [7, 11) is 0. The highest BCUT2D eigenvalue weighted by atomic mass is 35.5. The van der Waals surface area contributed by atoms with Crippen LogP contribution in [0.25, 0.3) is 0 Å². The zero-order valence-electron chi connectivity index (χ0n) is 12.6. The molecule has 25 heavy (non-hydrogen) atoms. The second kappa shape index (κ2) is 8.21. The summed E-state index contributed by atoms with van der Waals surface area (Å²) >= 11 is 16.9. The van der Waals surface area contributed by atoms with Crippen LogP contribution >= 0.6 is 35.4 Å². The van der Waals surface area contributed by atoms with Gasteiger partial charge in [-0.3, -0.25) is 0 Å². The number of nitrogens with one attached hydrogen (secondary N) is 2. The summed E-state index contributed by atoms with van der Waals surface area (Å²) in [6.45, 7) is 0.100. The van der Waals surface area contributed by atoms with Gasteiger partial charge in [-0.25, -0.2) is 4.39 Å². The number of thiocarbonyl (C=S) groups is 1. The van der Waals surface area contributed by atoms with E-state index in [4.69, 9.17) is 35.4 Å². The quantitative estimate of drug-likeness (QED) is 0.527. The van der Waals surface area contributed by atoms with E-state index in [-0.39, 0.29) is 23.8 Å². The molecule has 134 valence electrons. The molecule has 2 nitrogen and oxygen atoms in total. The average molecular weight is 411 g/mol. The van der Waals surface area contributed by atoms with Gasteiger partial charge in [-0.1, -0.05) is 41.4 Å². The first-order chi connectivity index (χ1) is 11.7. The third-order valence-electron chi connectivity index (χ3n) is 3.28. The molecule has 0 spiro atoms. The van der Waals surface area contributed by atoms with Crippen LogP contribution in [-0.4, -0.2) is 5.11 Å². The summed E-state index contributed by atoms with van der Waals surface area (Å²) in [4.78, 5) is 0. The van der Waals surface area contributed by atoms with Crippen LogP contribution in [0.1, 0.15) is 16.7 Å². The molecule has 2 N–H and O–H groups in total. The monoisotopic (exact) mass is 410 g/mol. The lowest BCUT2D eigenvalue weighted by molar-refractivity contribution is -0.140. The number of hydrogen-bond donors (Lipinski definition) is 2. The van der Waals surface area contributed by atoms with Gasteiger partial charge < -0.3 is 10.6 Å². The number of benzene rings is 2. The van der Waals surface area contributed by atoms with Gasteiger partial charge in [0.15, 0.2) is 5.11 Å². The molecule has 0 aliphatic heterocycles. The van der Waals surface area contributed by atoms with Gasteiger partial charge in [0, 0.05) is 28.7 Å². The van der Waals surface area contributed by atoms with Crippen LogP contribution in [-0.2, 0) is 19.3 Å². The van der Waals surface area contributed by atoms with Crippen LogP contribution in [0.3, 0.4) is 0 Å². The molecular formula is C16H12Cl2F4N2S. The first-order valence-electron chi connectivity index (χ1n) is 6.98. The Bertz CT molecular complexity index is 781. The number of rotatable bonds is 4. The summed E-state index contributed by atoms with van der Waals surface area (Å²) in [5.74, 6) is -1.31. The third kappa shape index (κ3) is 5.45. The van der Waals surface area contributed by atoms with Crippen molar-refractivity contribution in [1.82, 2.24) is 10.6 Å². The predicted octanol–water partition coefficient (Wildman–Crippen LogP) is 5.32. The van der Waals surface area contributed by atoms with E-state index in [0.29, 0.717) is 16.1 Å². The van der Waals surface area contributed by atoms with E-state index < -0.39 is 17.6 Å². The van der Waals surface area contributed by atoms with Crippen LogP contribution in [0.15, 0.2) is 36.4 Å². The molecule has 0 aliphatic carbocycles. The van der Waals surface area contributed by atoms with Gasteiger partial charge in [0.05, 0.1) is 5.56 Å². The van der Waals surface area contributed by atoms with E-state index in [0.717, 1.165) is 11.6 Å². The topological polar surface area (TPSA) is 24.1 Å². The number of alkyl halides is 3.